The van der Waals surface area contributed by atoms with Gasteiger partial charge >= 0.3 is 5.97 Å². The van der Waals surface area contributed by atoms with Gasteiger partial charge in [-0.1, -0.05) is 25.5 Å². The molecule has 1 amide bonds. The Bertz CT molecular complexity index is 479. The molecule has 4 nitrogen and oxygen atoms in total. The van der Waals surface area contributed by atoms with Crippen molar-refractivity contribution in [3.63, 3.8) is 0 Å². The maximum Gasteiger partial charge on any atom is 0.305 e. The van der Waals surface area contributed by atoms with E-state index in [2.05, 4.69) is 12.2 Å². The number of carbonyl (C=O) groups excluding carboxylic acids is 1. The average Bonchev–Trinajstić information content (AvgIpc) is 2.46. The molecule has 0 saturated heterocycles. The monoisotopic (exact) mass is 327 g/mol. The zero-order valence-electron chi connectivity index (χ0n) is 12.7. The highest BCUT2D eigenvalue weighted by Gasteiger charge is 2.18. The van der Waals surface area contributed by atoms with Crippen LogP contribution in [0.3, 0.4) is 0 Å². The third kappa shape index (κ3) is 7.45. The van der Waals surface area contributed by atoms with E-state index >= 15 is 0 Å². The molecule has 0 fully saturated rings. The molecule has 0 aliphatic heterocycles. The number of nitrogens with one attached hydrogen (secondary N) is 1. The fourth-order valence-electron chi connectivity index (χ4n) is 1.90. The fourth-order valence-corrected chi connectivity index (χ4v) is 2.93. The number of hydrogen-bond acceptors (Lipinski definition) is 3. The number of benzene rings is 1. The molecule has 1 aromatic rings. The normalized spacial score (nSPS) is 11.9. The molecule has 0 heterocycles. The van der Waals surface area contributed by atoms with Crippen LogP contribution in [0.15, 0.2) is 24.3 Å². The van der Waals surface area contributed by atoms with Crippen LogP contribution < -0.4 is 5.32 Å². The van der Waals surface area contributed by atoms with Crippen molar-refractivity contribution in [3.8, 4) is 0 Å². The Morgan fingerprint density at radius 1 is 1.27 bits per heavy atom. The molecule has 1 unspecified atom stereocenters. The summed E-state index contributed by atoms with van der Waals surface area (Å²) in [7, 11) is 0. The third-order valence-corrected chi connectivity index (χ3v) is 4.17. The Kier molecular flexibility index (Phi) is 8.58. The Morgan fingerprint density at radius 3 is 2.55 bits per heavy atom. The van der Waals surface area contributed by atoms with Crippen molar-refractivity contribution in [1.29, 1.82) is 0 Å². The first-order valence-corrected chi connectivity index (χ1v) is 8.52. The number of rotatable bonds is 10. The minimum atomic E-state index is -1.01. The molecule has 122 valence electrons. The van der Waals surface area contributed by atoms with Crippen molar-refractivity contribution in [1.82, 2.24) is 5.32 Å². The maximum atomic E-state index is 12.9. The SMILES string of the molecule is CCCCSCCC(=O)NC(CC(=O)O)c1ccc(F)cc1. The zero-order chi connectivity index (χ0) is 16.4. The van der Waals surface area contributed by atoms with Crippen LogP contribution in [-0.2, 0) is 9.59 Å². The quantitative estimate of drug-likeness (QED) is 0.647. The summed E-state index contributed by atoms with van der Waals surface area (Å²) in [6.07, 6.45) is 2.39. The summed E-state index contributed by atoms with van der Waals surface area (Å²) >= 11 is 1.72. The zero-order valence-corrected chi connectivity index (χ0v) is 13.5. The molecule has 0 bridgehead atoms. The molecule has 0 aliphatic carbocycles. The van der Waals surface area contributed by atoms with Crippen molar-refractivity contribution in [2.75, 3.05) is 11.5 Å². The first-order chi connectivity index (χ1) is 10.5. The van der Waals surface area contributed by atoms with E-state index in [4.69, 9.17) is 5.11 Å². The van der Waals surface area contributed by atoms with Gasteiger partial charge in [0.2, 0.25) is 5.91 Å². The van der Waals surface area contributed by atoms with Gasteiger partial charge < -0.3 is 10.4 Å². The van der Waals surface area contributed by atoms with E-state index in [1.807, 2.05) is 0 Å². The second kappa shape index (κ2) is 10.2. The van der Waals surface area contributed by atoms with Crippen molar-refractivity contribution < 1.29 is 19.1 Å². The molecule has 1 aromatic carbocycles. The van der Waals surface area contributed by atoms with E-state index in [-0.39, 0.29) is 12.3 Å². The van der Waals surface area contributed by atoms with Crippen molar-refractivity contribution in [3.05, 3.63) is 35.6 Å². The van der Waals surface area contributed by atoms with Gasteiger partial charge in [-0.2, -0.15) is 11.8 Å². The Balaban J connectivity index is 2.52. The van der Waals surface area contributed by atoms with Gasteiger partial charge in [0.05, 0.1) is 12.5 Å². The summed E-state index contributed by atoms with van der Waals surface area (Å²) in [5.41, 5.74) is 0.593. The second-order valence-electron chi connectivity index (χ2n) is 4.99. The first kappa shape index (κ1) is 18.5. The number of halogens is 1. The molecular formula is C16H22FNO3S. The molecule has 2 N–H and O–H groups in total. The minimum absolute atomic E-state index is 0.181. The molecule has 1 atom stereocenters. The summed E-state index contributed by atoms with van der Waals surface area (Å²) in [4.78, 5) is 22.9. The Morgan fingerprint density at radius 2 is 1.95 bits per heavy atom. The molecule has 0 radical (unpaired) electrons. The summed E-state index contributed by atoms with van der Waals surface area (Å²) in [6.45, 7) is 2.12. The van der Waals surface area contributed by atoms with Gasteiger partial charge in [-0.05, 0) is 29.9 Å². The number of carbonyl (C=O) groups is 2. The second-order valence-corrected chi connectivity index (χ2v) is 6.21. The molecule has 0 aliphatic rings. The third-order valence-electron chi connectivity index (χ3n) is 3.10. The number of carboxylic acid groups (broad SMARTS) is 1. The Labute approximate surface area is 134 Å². The van der Waals surface area contributed by atoms with Gasteiger partial charge in [-0.25, -0.2) is 4.39 Å². The number of unbranched alkanes of at least 4 members (excludes halogenated alkanes) is 1. The van der Waals surface area contributed by atoms with Gasteiger partial charge in [-0.3, -0.25) is 9.59 Å². The van der Waals surface area contributed by atoms with Crippen LogP contribution in [0.5, 0.6) is 0 Å². The first-order valence-electron chi connectivity index (χ1n) is 7.37. The lowest BCUT2D eigenvalue weighted by molar-refractivity contribution is -0.137. The van der Waals surface area contributed by atoms with E-state index in [0.29, 0.717) is 12.0 Å². The van der Waals surface area contributed by atoms with E-state index in [1.165, 1.54) is 24.3 Å². The molecule has 0 saturated carbocycles. The lowest BCUT2D eigenvalue weighted by Crippen LogP contribution is -2.30. The summed E-state index contributed by atoms with van der Waals surface area (Å²) in [6, 6.07) is 4.89. The van der Waals surface area contributed by atoms with Crippen molar-refractivity contribution in [2.24, 2.45) is 0 Å². The number of amides is 1. The molecule has 22 heavy (non-hydrogen) atoms. The van der Waals surface area contributed by atoms with Crippen LogP contribution in [0.4, 0.5) is 4.39 Å². The highest BCUT2D eigenvalue weighted by atomic mass is 32.2. The van der Waals surface area contributed by atoms with Crippen molar-refractivity contribution in [2.45, 2.75) is 38.6 Å². The number of aliphatic carboxylic acids is 1. The van der Waals surface area contributed by atoms with E-state index in [9.17, 15) is 14.0 Å². The van der Waals surface area contributed by atoms with E-state index < -0.39 is 17.8 Å². The maximum absolute atomic E-state index is 12.9. The predicted octanol–water partition coefficient (Wildman–Crippen LogP) is 3.38. The van der Waals surface area contributed by atoms with Crippen LogP contribution in [0, 0.1) is 5.82 Å². The largest absolute Gasteiger partial charge is 0.481 e. The van der Waals surface area contributed by atoms with Crippen molar-refractivity contribution >= 4 is 23.6 Å². The van der Waals surface area contributed by atoms with Crippen LogP contribution in [0.1, 0.15) is 44.2 Å². The van der Waals surface area contributed by atoms with Gasteiger partial charge in [0.15, 0.2) is 0 Å². The molecular weight excluding hydrogens is 305 g/mol. The summed E-state index contributed by atoms with van der Waals surface area (Å²) < 4.78 is 12.9. The van der Waals surface area contributed by atoms with Crippen LogP contribution >= 0.6 is 11.8 Å². The van der Waals surface area contributed by atoms with Gasteiger partial charge in [0.1, 0.15) is 5.82 Å². The molecule has 1 rings (SSSR count). The highest BCUT2D eigenvalue weighted by molar-refractivity contribution is 7.99. The number of hydrogen-bond donors (Lipinski definition) is 2. The Hall–Kier alpha value is -1.56. The molecule has 6 heteroatoms. The lowest BCUT2D eigenvalue weighted by atomic mass is 10.0. The molecule has 0 aromatic heterocycles. The summed E-state index contributed by atoms with van der Waals surface area (Å²) in [5.74, 6) is 0.165. The fraction of sp³-hybridized carbons (Fsp3) is 0.500. The van der Waals surface area contributed by atoms with E-state index in [1.54, 1.807) is 11.8 Å². The lowest BCUT2D eigenvalue weighted by Gasteiger charge is -2.17. The molecule has 0 spiro atoms. The number of thioether (sulfide) groups is 1. The van der Waals surface area contributed by atoms with Crippen LogP contribution in [0.25, 0.3) is 0 Å². The topological polar surface area (TPSA) is 66.4 Å². The average molecular weight is 327 g/mol. The van der Waals surface area contributed by atoms with Gasteiger partial charge in [0, 0.05) is 12.2 Å². The minimum Gasteiger partial charge on any atom is -0.481 e. The van der Waals surface area contributed by atoms with E-state index in [0.717, 1.165) is 24.3 Å². The number of carboxylic acids is 1. The van der Waals surface area contributed by atoms with Crippen LogP contribution in [-0.4, -0.2) is 28.5 Å². The standard InChI is InChI=1S/C16H22FNO3S/c1-2-3-9-22-10-8-15(19)18-14(11-16(20)21)12-4-6-13(17)7-5-12/h4-7,14H,2-3,8-11H2,1H3,(H,18,19)(H,20,21). The highest BCUT2D eigenvalue weighted by Crippen LogP contribution is 2.18. The smallest absolute Gasteiger partial charge is 0.305 e. The summed E-state index contributed by atoms with van der Waals surface area (Å²) in [5, 5.41) is 11.7. The van der Waals surface area contributed by atoms with Crippen LogP contribution in [0.2, 0.25) is 0 Å². The van der Waals surface area contributed by atoms with Gasteiger partial charge in [0.25, 0.3) is 0 Å². The predicted molar refractivity (Wildman–Crippen MR) is 86.4 cm³/mol. The van der Waals surface area contributed by atoms with Gasteiger partial charge in [-0.15, -0.1) is 0 Å².